The summed E-state index contributed by atoms with van der Waals surface area (Å²) in [4.78, 5) is 11.2. The molecule has 196 valence electrons. The van der Waals surface area contributed by atoms with E-state index in [4.69, 9.17) is 4.43 Å². The number of aldehydes is 1. The molecule has 0 bridgehead atoms. The second kappa shape index (κ2) is 15.5. The molecule has 0 N–H and O–H groups in total. The van der Waals surface area contributed by atoms with Gasteiger partial charge < -0.3 is 4.43 Å². The van der Waals surface area contributed by atoms with E-state index in [-0.39, 0.29) is 11.1 Å². The number of hydrogen-bond acceptors (Lipinski definition) is 2. The zero-order valence-electron chi connectivity index (χ0n) is 22.9. The molecule has 1 unspecified atom stereocenters. The molecule has 0 spiro atoms. The number of unbranched alkanes of at least 4 members (excludes halogenated alkanes) is 5. The highest BCUT2D eigenvalue weighted by atomic mass is 28.2. The maximum Gasteiger partial charge on any atom is 0.168 e. The van der Waals surface area contributed by atoms with Gasteiger partial charge in [-0.25, -0.2) is 0 Å². The Kier molecular flexibility index (Phi) is 12.1. The monoisotopic (exact) mass is 512 g/mol. The van der Waals surface area contributed by atoms with Crippen LogP contribution in [-0.2, 0) is 4.43 Å². The minimum atomic E-state index is -0.911. The number of carbonyl (C=O) groups excluding carboxylic acids is 1. The molecular formula is C34H44O2Si. The van der Waals surface area contributed by atoms with Gasteiger partial charge in [-0.1, -0.05) is 150 Å². The van der Waals surface area contributed by atoms with Crippen molar-refractivity contribution in [2.24, 2.45) is 0 Å². The zero-order chi connectivity index (χ0) is 26.3. The molecule has 2 nitrogen and oxygen atoms in total. The lowest BCUT2D eigenvalue weighted by Gasteiger charge is -2.35. The van der Waals surface area contributed by atoms with Crippen LogP contribution in [0.25, 0.3) is 6.08 Å². The fourth-order valence-corrected chi connectivity index (χ4v) is 6.67. The highest BCUT2D eigenvalue weighted by Crippen LogP contribution is 2.46. The van der Waals surface area contributed by atoms with Gasteiger partial charge in [-0.05, 0) is 34.2 Å². The Hall–Kier alpha value is -2.75. The molecule has 0 aliphatic rings. The highest BCUT2D eigenvalue weighted by molar-refractivity contribution is 6.32. The van der Waals surface area contributed by atoms with E-state index < -0.39 is 9.76 Å². The number of carbonyl (C=O) groups is 1. The van der Waals surface area contributed by atoms with Crippen LogP contribution < -0.4 is 0 Å². The van der Waals surface area contributed by atoms with Gasteiger partial charge in [-0.15, -0.1) is 0 Å². The normalized spacial score (nSPS) is 13.1. The SMILES string of the molecule is CCCCCCCCC(/C=C/c1cccc(C=O)c1)O[SiH2]C(C)(C)C(c1ccccc1)c1ccccc1. The first-order valence-corrected chi connectivity index (χ1v) is 15.3. The van der Waals surface area contributed by atoms with E-state index in [1.807, 2.05) is 24.3 Å². The average Bonchev–Trinajstić information content (AvgIpc) is 2.93. The van der Waals surface area contributed by atoms with Crippen molar-refractivity contribution in [3.8, 4) is 0 Å². The Balaban J connectivity index is 1.74. The van der Waals surface area contributed by atoms with E-state index in [1.165, 1.54) is 49.7 Å². The summed E-state index contributed by atoms with van der Waals surface area (Å²) < 4.78 is 6.82. The first kappa shape index (κ1) is 28.8. The summed E-state index contributed by atoms with van der Waals surface area (Å²) in [6.45, 7) is 7.02. The Labute approximate surface area is 227 Å². The van der Waals surface area contributed by atoms with Crippen LogP contribution in [0.2, 0.25) is 5.04 Å². The van der Waals surface area contributed by atoms with E-state index in [9.17, 15) is 4.79 Å². The molecule has 3 heteroatoms. The average molecular weight is 513 g/mol. The van der Waals surface area contributed by atoms with Crippen LogP contribution in [0.1, 0.15) is 98.7 Å². The second-order valence-electron chi connectivity index (χ2n) is 10.8. The number of rotatable bonds is 16. The highest BCUT2D eigenvalue weighted by Gasteiger charge is 2.33. The molecule has 0 saturated heterocycles. The molecule has 0 aliphatic carbocycles. The van der Waals surface area contributed by atoms with Gasteiger partial charge in [-0.3, -0.25) is 4.79 Å². The van der Waals surface area contributed by atoms with Crippen LogP contribution in [0.4, 0.5) is 0 Å². The minimum Gasteiger partial charge on any atom is -0.417 e. The van der Waals surface area contributed by atoms with Crippen molar-refractivity contribution in [3.05, 3.63) is 113 Å². The molecule has 37 heavy (non-hydrogen) atoms. The molecule has 0 amide bonds. The summed E-state index contributed by atoms with van der Waals surface area (Å²) in [7, 11) is -0.911. The summed E-state index contributed by atoms with van der Waals surface area (Å²) >= 11 is 0. The molecule has 3 aromatic rings. The molecule has 0 fully saturated rings. The zero-order valence-corrected chi connectivity index (χ0v) is 24.4. The molecule has 0 saturated carbocycles. The minimum absolute atomic E-state index is 0.0351. The third kappa shape index (κ3) is 9.57. The first-order valence-electron chi connectivity index (χ1n) is 14.0. The van der Waals surface area contributed by atoms with Gasteiger partial charge in [0.1, 0.15) is 6.29 Å². The first-order chi connectivity index (χ1) is 18.0. The van der Waals surface area contributed by atoms with Crippen molar-refractivity contribution in [2.45, 2.75) is 82.8 Å². The predicted octanol–water partition coefficient (Wildman–Crippen LogP) is 8.76. The maximum absolute atomic E-state index is 11.2. The molecule has 0 heterocycles. The van der Waals surface area contributed by atoms with Crippen LogP contribution in [0.15, 0.2) is 91.0 Å². The Bertz CT molecular complexity index is 1040. The van der Waals surface area contributed by atoms with Gasteiger partial charge in [0.05, 0.1) is 6.10 Å². The fraction of sp³-hybridized carbons (Fsp3) is 0.382. The molecule has 1 atom stereocenters. The van der Waals surface area contributed by atoms with E-state index >= 15 is 0 Å². The predicted molar refractivity (Wildman–Crippen MR) is 161 cm³/mol. The maximum atomic E-state index is 11.2. The molecule has 0 aliphatic heterocycles. The van der Waals surface area contributed by atoms with Crippen molar-refractivity contribution < 1.29 is 9.22 Å². The van der Waals surface area contributed by atoms with Gasteiger partial charge in [0.2, 0.25) is 0 Å². The molecule has 3 rings (SSSR count). The Morgan fingerprint density at radius 3 is 2.00 bits per heavy atom. The van der Waals surface area contributed by atoms with Crippen LogP contribution in [0, 0.1) is 0 Å². The van der Waals surface area contributed by atoms with E-state index in [0.29, 0.717) is 11.5 Å². The van der Waals surface area contributed by atoms with Crippen molar-refractivity contribution >= 4 is 22.1 Å². The van der Waals surface area contributed by atoms with Gasteiger partial charge >= 0.3 is 0 Å². The summed E-state index contributed by atoms with van der Waals surface area (Å²) in [5.74, 6) is 0.296. The van der Waals surface area contributed by atoms with Crippen LogP contribution in [-0.4, -0.2) is 22.2 Å². The standard InChI is InChI=1S/C34H44O2Si/c1-4-5-6-7-8-15-23-32(25-24-28-17-16-18-29(26-28)27-35)36-37-34(2,3)33(30-19-11-9-12-20-30)31-21-13-10-14-22-31/h9-14,16-22,24-27,32-33H,4-8,15,23,37H2,1-3H3/b25-24+. The lowest BCUT2D eigenvalue weighted by atomic mass is 9.82. The van der Waals surface area contributed by atoms with Gasteiger partial charge in [-0.2, -0.15) is 0 Å². The Morgan fingerprint density at radius 1 is 0.784 bits per heavy atom. The van der Waals surface area contributed by atoms with Crippen LogP contribution in [0.5, 0.6) is 0 Å². The van der Waals surface area contributed by atoms with E-state index in [0.717, 1.165) is 18.3 Å². The van der Waals surface area contributed by atoms with Crippen LogP contribution in [0.3, 0.4) is 0 Å². The second-order valence-corrected chi connectivity index (χ2v) is 13.2. The third-order valence-corrected chi connectivity index (χ3v) is 8.86. The van der Waals surface area contributed by atoms with Crippen molar-refractivity contribution in [1.29, 1.82) is 0 Å². The van der Waals surface area contributed by atoms with E-state index in [2.05, 4.69) is 93.6 Å². The number of hydrogen-bond donors (Lipinski definition) is 0. The Morgan fingerprint density at radius 2 is 1.38 bits per heavy atom. The third-order valence-electron chi connectivity index (χ3n) is 7.11. The lowest BCUT2D eigenvalue weighted by Crippen LogP contribution is -2.28. The topological polar surface area (TPSA) is 26.3 Å². The molecule has 0 radical (unpaired) electrons. The van der Waals surface area contributed by atoms with Gasteiger partial charge in [0.25, 0.3) is 0 Å². The molecular weight excluding hydrogens is 468 g/mol. The number of benzene rings is 3. The van der Waals surface area contributed by atoms with Crippen molar-refractivity contribution in [3.63, 3.8) is 0 Å². The van der Waals surface area contributed by atoms with Gasteiger partial charge in [0, 0.05) is 11.5 Å². The summed E-state index contributed by atoms with van der Waals surface area (Å²) in [6.07, 6.45) is 14.1. The fourth-order valence-electron chi connectivity index (χ4n) is 5.11. The largest absolute Gasteiger partial charge is 0.417 e. The smallest absolute Gasteiger partial charge is 0.168 e. The lowest BCUT2D eigenvalue weighted by molar-refractivity contribution is 0.112. The summed E-state index contributed by atoms with van der Waals surface area (Å²) in [5, 5.41) is 0.0351. The van der Waals surface area contributed by atoms with Crippen molar-refractivity contribution in [1.82, 2.24) is 0 Å². The van der Waals surface area contributed by atoms with Crippen molar-refractivity contribution in [2.75, 3.05) is 0 Å². The van der Waals surface area contributed by atoms with E-state index in [1.54, 1.807) is 0 Å². The molecule has 3 aromatic carbocycles. The summed E-state index contributed by atoms with van der Waals surface area (Å²) in [6, 6.07) is 29.5. The quantitative estimate of drug-likeness (QED) is 0.109. The van der Waals surface area contributed by atoms with Crippen LogP contribution >= 0.6 is 0 Å². The molecule has 0 aromatic heterocycles. The van der Waals surface area contributed by atoms with Gasteiger partial charge in [0.15, 0.2) is 9.76 Å². The summed E-state index contributed by atoms with van der Waals surface area (Å²) in [5.41, 5.74) is 4.46.